The minimum absolute atomic E-state index is 0.00899. The van der Waals surface area contributed by atoms with Crippen LogP contribution in [-0.4, -0.2) is 52.1 Å². The van der Waals surface area contributed by atoms with Crippen molar-refractivity contribution in [1.82, 2.24) is 5.32 Å². The Hall–Kier alpha value is -2.72. The van der Waals surface area contributed by atoms with Crippen molar-refractivity contribution in [3.8, 4) is 11.5 Å². The number of nitrogens with one attached hydrogen (secondary N) is 1. The van der Waals surface area contributed by atoms with Crippen LogP contribution in [0.15, 0.2) is 51.8 Å². The smallest absolute Gasteiger partial charge is 0.257 e. The van der Waals surface area contributed by atoms with Gasteiger partial charge in [0.2, 0.25) is 0 Å². The van der Waals surface area contributed by atoms with E-state index in [0.717, 1.165) is 10.6 Å². The second-order valence-corrected chi connectivity index (χ2v) is 9.12. The average Bonchev–Trinajstić information content (AvgIpc) is 3.06. The number of hydrogen-bond donors (Lipinski definition) is 1. The number of carbonyl (C=O) groups excluding carboxylic acids is 1. The number of carbonyl (C=O) groups is 1. The first-order valence-corrected chi connectivity index (χ1v) is 11.4. The van der Waals surface area contributed by atoms with Gasteiger partial charge in [0.25, 0.3) is 15.9 Å². The van der Waals surface area contributed by atoms with Gasteiger partial charge in [0.05, 0.1) is 25.1 Å². The van der Waals surface area contributed by atoms with Crippen LogP contribution in [0.2, 0.25) is 0 Å². The molecule has 2 aliphatic heterocycles. The van der Waals surface area contributed by atoms with E-state index in [1.165, 1.54) is 11.8 Å². The lowest BCUT2D eigenvalue weighted by atomic mass is 10.2. The monoisotopic (exact) mass is 433 g/mol. The van der Waals surface area contributed by atoms with Gasteiger partial charge in [0.1, 0.15) is 6.61 Å². The van der Waals surface area contributed by atoms with E-state index in [1.807, 2.05) is 23.1 Å². The number of nitrogens with zero attached hydrogens (tertiary/aromatic N) is 2. The van der Waals surface area contributed by atoms with Gasteiger partial charge < -0.3 is 19.7 Å². The highest BCUT2D eigenvalue weighted by atomic mass is 32.2. The summed E-state index contributed by atoms with van der Waals surface area (Å²) in [5.41, 5.74) is 1.37. The number of rotatable bonds is 6. The topological polar surface area (TPSA) is 97.3 Å². The van der Waals surface area contributed by atoms with Crippen molar-refractivity contribution in [1.29, 1.82) is 0 Å². The van der Waals surface area contributed by atoms with Crippen LogP contribution in [-0.2, 0) is 10.0 Å². The highest BCUT2D eigenvalue weighted by Crippen LogP contribution is 2.42. The number of hydrogen-bond acceptors (Lipinski definition) is 7. The Morgan fingerprint density at radius 3 is 2.83 bits per heavy atom. The first-order valence-electron chi connectivity index (χ1n) is 8.93. The van der Waals surface area contributed by atoms with E-state index >= 15 is 0 Å². The lowest BCUT2D eigenvalue weighted by Gasteiger charge is -2.22. The van der Waals surface area contributed by atoms with Crippen LogP contribution in [0.25, 0.3) is 0 Å². The number of amidine groups is 1. The number of methoxy groups -OCH3 is 1. The van der Waals surface area contributed by atoms with Gasteiger partial charge in [0.15, 0.2) is 16.7 Å². The Labute approximate surface area is 173 Å². The summed E-state index contributed by atoms with van der Waals surface area (Å²) in [4.78, 5) is 15.1. The molecule has 0 spiro atoms. The van der Waals surface area contributed by atoms with Crippen molar-refractivity contribution >= 4 is 38.5 Å². The number of fused-ring (bicyclic) bond motifs is 3. The van der Waals surface area contributed by atoms with E-state index in [2.05, 4.69) is 9.71 Å². The van der Waals surface area contributed by atoms with Gasteiger partial charge >= 0.3 is 0 Å². The van der Waals surface area contributed by atoms with Crippen molar-refractivity contribution in [2.75, 3.05) is 37.5 Å². The molecular weight excluding hydrogens is 414 g/mol. The van der Waals surface area contributed by atoms with Crippen LogP contribution in [0.1, 0.15) is 10.4 Å². The summed E-state index contributed by atoms with van der Waals surface area (Å²) in [6.07, 6.45) is 0. The van der Waals surface area contributed by atoms with Gasteiger partial charge in [-0.15, -0.1) is 4.40 Å². The van der Waals surface area contributed by atoms with E-state index in [1.54, 1.807) is 31.4 Å². The molecule has 29 heavy (non-hydrogen) atoms. The molecule has 0 saturated heterocycles. The van der Waals surface area contributed by atoms with E-state index < -0.39 is 10.0 Å². The van der Waals surface area contributed by atoms with E-state index in [-0.39, 0.29) is 11.7 Å². The fraction of sp³-hybridized carbons (Fsp3) is 0.263. The van der Waals surface area contributed by atoms with Gasteiger partial charge in [-0.1, -0.05) is 12.1 Å². The SMILES string of the molecule is COc1ccccc1OCCNC(=O)c1ccc2c(c1)SC1=NS(=O)(=O)CCN12. The number of sulfonamides is 1. The maximum absolute atomic E-state index is 12.5. The molecule has 0 aromatic heterocycles. The molecule has 0 aliphatic carbocycles. The molecule has 2 aromatic carbocycles. The Balaban J connectivity index is 1.36. The molecule has 152 valence electrons. The Morgan fingerprint density at radius 1 is 1.24 bits per heavy atom. The summed E-state index contributed by atoms with van der Waals surface area (Å²) in [5.74, 6) is 1.02. The summed E-state index contributed by atoms with van der Waals surface area (Å²) in [6, 6.07) is 12.6. The van der Waals surface area contributed by atoms with E-state index in [0.29, 0.717) is 41.9 Å². The number of benzene rings is 2. The van der Waals surface area contributed by atoms with Crippen molar-refractivity contribution in [2.45, 2.75) is 4.90 Å². The molecule has 0 bridgehead atoms. The molecule has 10 heteroatoms. The minimum atomic E-state index is -3.40. The van der Waals surface area contributed by atoms with Crippen LogP contribution < -0.4 is 19.7 Å². The molecule has 2 aromatic rings. The molecule has 1 N–H and O–H groups in total. The van der Waals surface area contributed by atoms with Gasteiger partial charge in [0, 0.05) is 17.0 Å². The summed E-state index contributed by atoms with van der Waals surface area (Å²) >= 11 is 1.26. The molecule has 0 unspecified atom stereocenters. The molecular formula is C19H19N3O5S2. The van der Waals surface area contributed by atoms with Crippen LogP contribution >= 0.6 is 11.8 Å². The number of ether oxygens (including phenoxy) is 2. The average molecular weight is 434 g/mol. The number of anilines is 1. The van der Waals surface area contributed by atoms with Crippen molar-refractivity contribution < 1.29 is 22.7 Å². The molecule has 2 aliphatic rings. The van der Waals surface area contributed by atoms with Gasteiger partial charge in [-0.25, -0.2) is 8.42 Å². The maximum atomic E-state index is 12.5. The number of para-hydroxylation sites is 2. The first kappa shape index (κ1) is 19.6. The fourth-order valence-corrected chi connectivity index (χ4v) is 5.33. The molecule has 4 rings (SSSR count). The molecule has 8 nitrogen and oxygen atoms in total. The third-order valence-corrected chi connectivity index (χ3v) is 6.76. The van der Waals surface area contributed by atoms with Gasteiger partial charge in [-0.2, -0.15) is 0 Å². The van der Waals surface area contributed by atoms with Crippen molar-refractivity contribution in [2.24, 2.45) is 4.40 Å². The summed E-state index contributed by atoms with van der Waals surface area (Å²) in [5, 5.41) is 3.26. The molecule has 2 heterocycles. The summed E-state index contributed by atoms with van der Waals surface area (Å²) in [7, 11) is -1.83. The van der Waals surface area contributed by atoms with Crippen LogP contribution in [0.5, 0.6) is 11.5 Å². The van der Waals surface area contributed by atoms with Crippen LogP contribution in [0, 0.1) is 0 Å². The second kappa shape index (κ2) is 7.96. The predicted molar refractivity (Wildman–Crippen MR) is 112 cm³/mol. The predicted octanol–water partition coefficient (Wildman–Crippen LogP) is 2.12. The van der Waals surface area contributed by atoms with Crippen molar-refractivity contribution in [3.63, 3.8) is 0 Å². The molecule has 0 fully saturated rings. The second-order valence-electron chi connectivity index (χ2n) is 6.35. The quantitative estimate of drug-likeness (QED) is 0.697. The third kappa shape index (κ3) is 4.18. The fourth-order valence-electron chi connectivity index (χ4n) is 3.04. The Bertz CT molecular complexity index is 1090. The van der Waals surface area contributed by atoms with Gasteiger partial charge in [-0.05, 0) is 42.1 Å². The zero-order valence-electron chi connectivity index (χ0n) is 15.6. The standard InChI is InChI=1S/C19H19N3O5S2/c1-26-15-4-2-3-5-16(15)27-10-8-20-18(23)13-6-7-14-17(12-13)28-19-21-29(24,25)11-9-22(14)19/h2-7,12H,8-11H2,1H3,(H,20,23). The molecule has 0 radical (unpaired) electrons. The zero-order valence-corrected chi connectivity index (χ0v) is 17.3. The van der Waals surface area contributed by atoms with E-state index in [4.69, 9.17) is 9.47 Å². The van der Waals surface area contributed by atoms with Crippen molar-refractivity contribution in [3.05, 3.63) is 48.0 Å². The highest BCUT2D eigenvalue weighted by molar-refractivity contribution is 8.15. The third-order valence-electron chi connectivity index (χ3n) is 4.45. The highest BCUT2D eigenvalue weighted by Gasteiger charge is 2.33. The Morgan fingerprint density at radius 2 is 2.03 bits per heavy atom. The van der Waals surface area contributed by atoms with E-state index in [9.17, 15) is 13.2 Å². The molecule has 1 amide bonds. The summed E-state index contributed by atoms with van der Waals surface area (Å²) < 4.78 is 38.1. The van der Waals surface area contributed by atoms with Gasteiger partial charge in [-0.3, -0.25) is 4.79 Å². The largest absolute Gasteiger partial charge is 0.493 e. The minimum Gasteiger partial charge on any atom is -0.493 e. The first-order chi connectivity index (χ1) is 14.0. The Kier molecular flexibility index (Phi) is 5.37. The van der Waals surface area contributed by atoms with Crippen LogP contribution in [0.4, 0.5) is 5.69 Å². The lowest BCUT2D eigenvalue weighted by Crippen LogP contribution is -2.35. The summed E-state index contributed by atoms with van der Waals surface area (Å²) in [6.45, 7) is 0.999. The molecule has 0 atom stereocenters. The van der Waals surface area contributed by atoms with Crippen LogP contribution in [0.3, 0.4) is 0 Å². The normalized spacial score (nSPS) is 16.4. The maximum Gasteiger partial charge on any atom is 0.257 e. The zero-order chi connectivity index (χ0) is 20.4. The number of thioether (sulfide) groups is 1. The lowest BCUT2D eigenvalue weighted by molar-refractivity contribution is 0.0946. The molecule has 0 saturated carbocycles. The number of amides is 1.